The lowest BCUT2D eigenvalue weighted by molar-refractivity contribution is 0.0874. The van der Waals surface area contributed by atoms with Gasteiger partial charge in [-0.1, -0.05) is 0 Å². The first kappa shape index (κ1) is 10.1. The van der Waals surface area contributed by atoms with E-state index in [0.29, 0.717) is 10.9 Å². The van der Waals surface area contributed by atoms with Gasteiger partial charge in [0.05, 0.1) is 0 Å². The predicted molar refractivity (Wildman–Crippen MR) is 59.3 cm³/mol. The minimum atomic E-state index is 0.367. The van der Waals surface area contributed by atoms with E-state index in [0.717, 1.165) is 26.2 Å². The molecule has 0 aliphatic carbocycles. The predicted octanol–water partition coefficient (Wildman–Crippen LogP) is 0.328. The molecule has 13 heavy (non-hydrogen) atoms. The van der Waals surface area contributed by atoms with Crippen LogP contribution in [0.3, 0.4) is 0 Å². The van der Waals surface area contributed by atoms with E-state index in [1.54, 1.807) is 0 Å². The normalized spacial score (nSPS) is 36.0. The van der Waals surface area contributed by atoms with Crippen molar-refractivity contribution in [2.24, 2.45) is 0 Å². The molecule has 2 rings (SSSR count). The molecule has 2 fully saturated rings. The van der Waals surface area contributed by atoms with E-state index in [9.17, 15) is 0 Å². The van der Waals surface area contributed by atoms with E-state index in [1.165, 1.54) is 11.5 Å². The van der Waals surface area contributed by atoms with Crippen LogP contribution in [0.4, 0.5) is 0 Å². The first-order valence-corrected chi connectivity index (χ1v) is 6.85. The Balaban J connectivity index is 1.69. The molecule has 0 saturated carbocycles. The molecular formula is C8H16N2OS2. The Morgan fingerprint density at radius 1 is 0.923 bits per heavy atom. The Kier molecular flexibility index (Phi) is 4.24. The van der Waals surface area contributed by atoms with Crippen LogP contribution >= 0.6 is 23.5 Å². The van der Waals surface area contributed by atoms with Gasteiger partial charge in [0.25, 0.3) is 0 Å². The van der Waals surface area contributed by atoms with Gasteiger partial charge >= 0.3 is 0 Å². The minimum absolute atomic E-state index is 0.367. The summed E-state index contributed by atoms with van der Waals surface area (Å²) in [6.07, 6.45) is 0. The molecule has 0 bridgehead atoms. The van der Waals surface area contributed by atoms with Crippen LogP contribution in [0.5, 0.6) is 0 Å². The Morgan fingerprint density at radius 3 is 1.85 bits per heavy atom. The largest absolute Gasteiger partial charge is 0.351 e. The zero-order valence-electron chi connectivity index (χ0n) is 7.62. The van der Waals surface area contributed by atoms with Crippen LogP contribution in [-0.2, 0) is 4.74 Å². The molecule has 2 unspecified atom stereocenters. The fourth-order valence-corrected chi connectivity index (χ4v) is 3.44. The van der Waals surface area contributed by atoms with Gasteiger partial charge < -0.3 is 15.4 Å². The highest BCUT2D eigenvalue weighted by atomic mass is 32.2. The monoisotopic (exact) mass is 220 g/mol. The Hall–Kier alpha value is 0.580. The number of ether oxygens (including phenoxy) is 1. The summed E-state index contributed by atoms with van der Waals surface area (Å²) in [6.45, 7) is 4.25. The van der Waals surface area contributed by atoms with E-state index in [-0.39, 0.29) is 0 Å². The molecular weight excluding hydrogens is 204 g/mol. The SMILES string of the molecule is C1CSC(OC2CNCCS2)CN1. The van der Waals surface area contributed by atoms with E-state index in [2.05, 4.69) is 10.6 Å². The topological polar surface area (TPSA) is 33.3 Å². The summed E-state index contributed by atoms with van der Waals surface area (Å²) in [7, 11) is 0. The zero-order valence-corrected chi connectivity index (χ0v) is 9.26. The fraction of sp³-hybridized carbons (Fsp3) is 1.00. The van der Waals surface area contributed by atoms with Crippen molar-refractivity contribution < 1.29 is 4.74 Å². The summed E-state index contributed by atoms with van der Waals surface area (Å²) >= 11 is 3.86. The summed E-state index contributed by atoms with van der Waals surface area (Å²) in [5.74, 6) is 2.35. The van der Waals surface area contributed by atoms with E-state index < -0.39 is 0 Å². The second kappa shape index (κ2) is 5.46. The molecule has 2 N–H and O–H groups in total. The Bertz CT molecular complexity index is 131. The van der Waals surface area contributed by atoms with Crippen LogP contribution in [-0.4, -0.2) is 48.6 Å². The van der Waals surface area contributed by atoms with Crippen molar-refractivity contribution in [3.05, 3.63) is 0 Å². The number of hydrogen-bond acceptors (Lipinski definition) is 5. The summed E-state index contributed by atoms with van der Waals surface area (Å²) < 4.78 is 5.93. The van der Waals surface area contributed by atoms with Gasteiger partial charge in [-0.2, -0.15) is 0 Å². The molecule has 2 saturated heterocycles. The van der Waals surface area contributed by atoms with Crippen LogP contribution in [0, 0.1) is 0 Å². The van der Waals surface area contributed by atoms with Crippen molar-refractivity contribution in [2.75, 3.05) is 37.7 Å². The number of rotatable bonds is 2. The van der Waals surface area contributed by atoms with E-state index in [4.69, 9.17) is 4.74 Å². The van der Waals surface area contributed by atoms with E-state index >= 15 is 0 Å². The molecule has 0 spiro atoms. The van der Waals surface area contributed by atoms with Gasteiger partial charge in [0, 0.05) is 37.7 Å². The van der Waals surface area contributed by atoms with Gasteiger partial charge in [-0.3, -0.25) is 0 Å². The van der Waals surface area contributed by atoms with E-state index in [1.807, 2.05) is 23.5 Å². The molecule has 0 aromatic rings. The Labute approximate surface area is 87.7 Å². The van der Waals surface area contributed by atoms with Crippen molar-refractivity contribution in [1.29, 1.82) is 0 Å². The first-order valence-electron chi connectivity index (χ1n) is 4.75. The highest BCUT2D eigenvalue weighted by molar-refractivity contribution is 8.00. The molecule has 0 radical (unpaired) electrons. The number of hydrogen-bond donors (Lipinski definition) is 2. The zero-order chi connectivity index (χ0) is 8.93. The van der Waals surface area contributed by atoms with Crippen LogP contribution in [0.15, 0.2) is 0 Å². The summed E-state index contributed by atoms with van der Waals surface area (Å²) in [6, 6.07) is 0. The molecule has 2 atom stereocenters. The third-order valence-electron chi connectivity index (χ3n) is 2.09. The molecule has 2 aliphatic rings. The second-order valence-electron chi connectivity index (χ2n) is 3.15. The lowest BCUT2D eigenvalue weighted by atomic mass is 10.5. The maximum Gasteiger partial charge on any atom is 0.117 e. The van der Waals surface area contributed by atoms with Gasteiger partial charge in [0.2, 0.25) is 0 Å². The summed E-state index contributed by atoms with van der Waals surface area (Å²) in [5.41, 5.74) is 0.734. The lowest BCUT2D eigenvalue weighted by Crippen LogP contribution is -2.40. The minimum Gasteiger partial charge on any atom is -0.351 e. The summed E-state index contributed by atoms with van der Waals surface area (Å²) in [5, 5.41) is 6.70. The molecule has 2 aliphatic heterocycles. The third kappa shape index (κ3) is 3.32. The quantitative estimate of drug-likeness (QED) is 0.701. The first-order chi connectivity index (χ1) is 6.45. The molecule has 0 amide bonds. The average Bonchev–Trinajstić information content (AvgIpc) is 2.21. The molecule has 2 heterocycles. The third-order valence-corrected chi connectivity index (χ3v) is 4.27. The highest BCUT2D eigenvalue weighted by Gasteiger charge is 2.21. The van der Waals surface area contributed by atoms with Crippen molar-refractivity contribution in [3.63, 3.8) is 0 Å². The Morgan fingerprint density at radius 2 is 1.46 bits per heavy atom. The van der Waals surface area contributed by atoms with Crippen molar-refractivity contribution in [3.8, 4) is 0 Å². The van der Waals surface area contributed by atoms with Crippen molar-refractivity contribution >= 4 is 23.5 Å². The van der Waals surface area contributed by atoms with Crippen LogP contribution in [0.1, 0.15) is 0 Å². The van der Waals surface area contributed by atoms with Crippen molar-refractivity contribution in [2.45, 2.75) is 10.9 Å². The van der Waals surface area contributed by atoms with Gasteiger partial charge in [-0.05, 0) is 0 Å². The average molecular weight is 220 g/mol. The molecule has 0 aromatic carbocycles. The van der Waals surface area contributed by atoms with Crippen LogP contribution < -0.4 is 10.6 Å². The second-order valence-corrected chi connectivity index (χ2v) is 5.68. The van der Waals surface area contributed by atoms with Gasteiger partial charge in [0.15, 0.2) is 0 Å². The maximum atomic E-state index is 5.93. The molecule has 76 valence electrons. The van der Waals surface area contributed by atoms with Crippen molar-refractivity contribution in [1.82, 2.24) is 10.6 Å². The number of thioether (sulfide) groups is 2. The van der Waals surface area contributed by atoms with Crippen LogP contribution in [0.2, 0.25) is 0 Å². The smallest absolute Gasteiger partial charge is 0.117 e. The standard InChI is InChI=1S/C8H16N2OS2/c1-3-12-7(5-9-1)11-8-6-10-2-4-13-8/h7-10H,1-6H2. The molecule has 5 heteroatoms. The van der Waals surface area contributed by atoms with Gasteiger partial charge in [-0.25, -0.2) is 0 Å². The van der Waals surface area contributed by atoms with Crippen LogP contribution in [0.25, 0.3) is 0 Å². The lowest BCUT2D eigenvalue weighted by Gasteiger charge is -2.29. The highest BCUT2D eigenvalue weighted by Crippen LogP contribution is 2.22. The molecule has 3 nitrogen and oxygen atoms in total. The van der Waals surface area contributed by atoms with Gasteiger partial charge in [0.1, 0.15) is 10.9 Å². The molecule has 0 aromatic heterocycles. The maximum absolute atomic E-state index is 5.93. The summed E-state index contributed by atoms with van der Waals surface area (Å²) in [4.78, 5) is 0. The van der Waals surface area contributed by atoms with Gasteiger partial charge in [-0.15, -0.1) is 23.5 Å². The number of nitrogens with one attached hydrogen (secondary N) is 2. The fourth-order valence-electron chi connectivity index (χ4n) is 1.43.